The number of carbonyl (C=O) groups is 1. The van der Waals surface area contributed by atoms with E-state index in [1.165, 1.54) is 31.9 Å². The van der Waals surface area contributed by atoms with Crippen molar-refractivity contribution in [1.29, 1.82) is 0 Å². The second-order valence-electron chi connectivity index (χ2n) is 5.38. The summed E-state index contributed by atoms with van der Waals surface area (Å²) in [5.74, 6) is 0.291. The van der Waals surface area contributed by atoms with Crippen LogP contribution in [0.15, 0.2) is 24.3 Å². The second kappa shape index (κ2) is 5.95. The van der Waals surface area contributed by atoms with Gasteiger partial charge >= 0.3 is 6.18 Å². The Bertz CT molecular complexity index is 463. The molecule has 1 aliphatic carbocycles. The van der Waals surface area contributed by atoms with Crippen molar-refractivity contribution in [3.8, 4) is 0 Å². The van der Waals surface area contributed by atoms with Gasteiger partial charge in [0.1, 0.15) is 5.78 Å². The third-order valence-electron chi connectivity index (χ3n) is 3.61. The summed E-state index contributed by atoms with van der Waals surface area (Å²) < 4.78 is 37.5. The number of rotatable bonds is 6. The van der Waals surface area contributed by atoms with E-state index in [0.29, 0.717) is 18.0 Å². The van der Waals surface area contributed by atoms with Gasteiger partial charge in [0.25, 0.3) is 0 Å². The Morgan fingerprint density at radius 2 is 1.90 bits per heavy atom. The van der Waals surface area contributed by atoms with Crippen molar-refractivity contribution in [3.05, 3.63) is 35.4 Å². The lowest BCUT2D eigenvalue weighted by molar-refractivity contribution is -0.137. The molecule has 0 bridgehead atoms. The first-order valence-electron chi connectivity index (χ1n) is 6.76. The normalized spacial score (nSPS) is 17.0. The number of Topliss-reactive ketones (excluding diaryl/α,β-unsaturated/α-hetero) is 1. The van der Waals surface area contributed by atoms with Crippen molar-refractivity contribution in [1.82, 2.24) is 5.32 Å². The fourth-order valence-corrected chi connectivity index (χ4v) is 2.15. The highest BCUT2D eigenvalue weighted by atomic mass is 19.4. The van der Waals surface area contributed by atoms with E-state index in [-0.39, 0.29) is 11.7 Å². The summed E-state index contributed by atoms with van der Waals surface area (Å²) in [7, 11) is 0. The number of hydrogen-bond acceptors (Lipinski definition) is 2. The van der Waals surface area contributed by atoms with Crippen LogP contribution in [0.5, 0.6) is 0 Å². The van der Waals surface area contributed by atoms with Crippen molar-refractivity contribution in [2.75, 3.05) is 13.1 Å². The topological polar surface area (TPSA) is 29.1 Å². The monoisotopic (exact) mass is 285 g/mol. The summed E-state index contributed by atoms with van der Waals surface area (Å²) in [4.78, 5) is 11.7. The predicted octanol–water partition coefficient (Wildman–Crippen LogP) is 3.38. The number of hydrogen-bond donors (Lipinski definition) is 1. The zero-order valence-corrected chi connectivity index (χ0v) is 11.3. The fourth-order valence-electron chi connectivity index (χ4n) is 2.15. The van der Waals surface area contributed by atoms with E-state index in [2.05, 4.69) is 5.32 Å². The van der Waals surface area contributed by atoms with Crippen LogP contribution >= 0.6 is 0 Å². The van der Waals surface area contributed by atoms with Gasteiger partial charge < -0.3 is 5.32 Å². The van der Waals surface area contributed by atoms with E-state index in [9.17, 15) is 18.0 Å². The maximum absolute atomic E-state index is 12.5. The van der Waals surface area contributed by atoms with Crippen LogP contribution in [0.1, 0.15) is 36.8 Å². The van der Waals surface area contributed by atoms with Crippen LogP contribution in [-0.2, 0) is 11.0 Å². The standard InChI is InChI=1S/C15H18F3NO/c1-10(20)14(9-19-8-11-2-3-11)12-4-6-13(7-5-12)15(16,17)18/h4-7,11,14,19H,2-3,8-9H2,1H3/t14-/m0/s1. The molecular formula is C15H18F3NO. The molecule has 0 unspecified atom stereocenters. The zero-order chi connectivity index (χ0) is 14.8. The molecule has 0 saturated heterocycles. The van der Waals surface area contributed by atoms with Crippen LogP contribution < -0.4 is 5.32 Å². The lowest BCUT2D eigenvalue weighted by Gasteiger charge is -2.16. The molecule has 1 aliphatic rings. The third-order valence-corrected chi connectivity index (χ3v) is 3.61. The van der Waals surface area contributed by atoms with E-state index < -0.39 is 11.7 Å². The fraction of sp³-hybridized carbons (Fsp3) is 0.533. The van der Waals surface area contributed by atoms with Gasteiger partial charge in [0.05, 0.1) is 11.5 Å². The minimum absolute atomic E-state index is 0.0342. The molecule has 0 aromatic heterocycles. The molecule has 1 saturated carbocycles. The molecule has 5 heteroatoms. The highest BCUT2D eigenvalue weighted by Gasteiger charge is 2.30. The minimum Gasteiger partial charge on any atom is -0.315 e. The van der Waals surface area contributed by atoms with Crippen molar-refractivity contribution in [3.63, 3.8) is 0 Å². The Morgan fingerprint density at radius 1 is 1.30 bits per heavy atom. The molecule has 0 spiro atoms. The summed E-state index contributed by atoms with van der Waals surface area (Å²) in [6.07, 6.45) is -1.90. The van der Waals surface area contributed by atoms with Gasteiger partial charge in [-0.15, -0.1) is 0 Å². The molecular weight excluding hydrogens is 267 g/mol. The average Bonchev–Trinajstić information content (AvgIpc) is 3.17. The number of benzene rings is 1. The van der Waals surface area contributed by atoms with Crippen LogP contribution in [0.4, 0.5) is 13.2 Å². The Morgan fingerprint density at radius 3 is 2.35 bits per heavy atom. The quantitative estimate of drug-likeness (QED) is 0.868. The van der Waals surface area contributed by atoms with Crippen LogP contribution in [-0.4, -0.2) is 18.9 Å². The van der Waals surface area contributed by atoms with E-state index in [0.717, 1.165) is 18.7 Å². The largest absolute Gasteiger partial charge is 0.416 e. The highest BCUT2D eigenvalue weighted by molar-refractivity contribution is 5.83. The van der Waals surface area contributed by atoms with Crippen LogP contribution in [0.3, 0.4) is 0 Å². The van der Waals surface area contributed by atoms with Gasteiger partial charge in [0, 0.05) is 6.54 Å². The molecule has 20 heavy (non-hydrogen) atoms. The molecule has 0 heterocycles. The molecule has 1 N–H and O–H groups in total. The number of alkyl halides is 3. The first kappa shape index (κ1) is 15.0. The molecule has 1 atom stereocenters. The SMILES string of the molecule is CC(=O)[C@H](CNCC1CC1)c1ccc(C(F)(F)F)cc1. The van der Waals surface area contributed by atoms with Gasteiger partial charge in [0.15, 0.2) is 0 Å². The summed E-state index contributed by atoms with van der Waals surface area (Å²) in [6.45, 7) is 2.84. The Labute approximate surface area is 116 Å². The smallest absolute Gasteiger partial charge is 0.315 e. The first-order chi connectivity index (χ1) is 9.38. The molecule has 2 rings (SSSR count). The molecule has 1 aromatic rings. The summed E-state index contributed by atoms with van der Waals surface area (Å²) in [5, 5.41) is 3.23. The highest BCUT2D eigenvalue weighted by Crippen LogP contribution is 2.30. The molecule has 0 aliphatic heterocycles. The molecule has 110 valence electrons. The van der Waals surface area contributed by atoms with Crippen molar-refractivity contribution >= 4 is 5.78 Å². The molecule has 0 amide bonds. The predicted molar refractivity (Wildman–Crippen MR) is 70.5 cm³/mol. The van der Waals surface area contributed by atoms with Gasteiger partial charge in [-0.2, -0.15) is 13.2 Å². The van der Waals surface area contributed by atoms with Gasteiger partial charge in [0.2, 0.25) is 0 Å². The van der Waals surface area contributed by atoms with Gasteiger partial charge in [-0.25, -0.2) is 0 Å². The van der Waals surface area contributed by atoms with Crippen LogP contribution in [0, 0.1) is 5.92 Å². The minimum atomic E-state index is -4.34. The lowest BCUT2D eigenvalue weighted by atomic mass is 9.94. The first-order valence-corrected chi connectivity index (χ1v) is 6.76. The number of halogens is 3. The molecule has 1 fully saturated rings. The molecule has 1 aromatic carbocycles. The van der Waals surface area contributed by atoms with E-state index >= 15 is 0 Å². The zero-order valence-electron chi connectivity index (χ0n) is 11.3. The summed E-state index contributed by atoms with van der Waals surface area (Å²) >= 11 is 0. The van der Waals surface area contributed by atoms with Gasteiger partial charge in [-0.05, 0) is 49.9 Å². The number of ketones is 1. The summed E-state index contributed by atoms with van der Waals surface area (Å²) in [6, 6.07) is 4.86. The van der Waals surface area contributed by atoms with E-state index in [4.69, 9.17) is 0 Å². The summed E-state index contributed by atoms with van der Waals surface area (Å²) in [5.41, 5.74) is -0.0525. The maximum atomic E-state index is 12.5. The van der Waals surface area contributed by atoms with Crippen molar-refractivity contribution in [2.45, 2.75) is 31.9 Å². The second-order valence-corrected chi connectivity index (χ2v) is 5.38. The van der Waals surface area contributed by atoms with Crippen molar-refractivity contribution < 1.29 is 18.0 Å². The Balaban J connectivity index is 2.02. The maximum Gasteiger partial charge on any atom is 0.416 e. The molecule has 2 nitrogen and oxygen atoms in total. The van der Waals surface area contributed by atoms with E-state index in [1.807, 2.05) is 0 Å². The number of carbonyl (C=O) groups excluding carboxylic acids is 1. The van der Waals surface area contributed by atoms with Crippen molar-refractivity contribution in [2.24, 2.45) is 5.92 Å². The van der Waals surface area contributed by atoms with Gasteiger partial charge in [-0.3, -0.25) is 4.79 Å². The third kappa shape index (κ3) is 4.07. The Hall–Kier alpha value is -1.36. The molecule has 0 radical (unpaired) electrons. The van der Waals surface area contributed by atoms with Gasteiger partial charge in [-0.1, -0.05) is 12.1 Å². The van der Waals surface area contributed by atoms with Crippen LogP contribution in [0.2, 0.25) is 0 Å². The van der Waals surface area contributed by atoms with E-state index in [1.54, 1.807) is 0 Å². The average molecular weight is 285 g/mol. The van der Waals surface area contributed by atoms with Crippen LogP contribution in [0.25, 0.3) is 0 Å². The Kier molecular flexibility index (Phi) is 4.48. The lowest BCUT2D eigenvalue weighted by Crippen LogP contribution is -2.27. The number of nitrogens with one attached hydrogen (secondary N) is 1.